The maximum absolute atomic E-state index is 12.8. The van der Waals surface area contributed by atoms with Gasteiger partial charge in [-0.3, -0.25) is 9.59 Å². The van der Waals surface area contributed by atoms with E-state index in [1.54, 1.807) is 12.1 Å². The van der Waals surface area contributed by atoms with Gasteiger partial charge in [-0.15, -0.1) is 11.8 Å². The van der Waals surface area contributed by atoms with Crippen LogP contribution in [0.2, 0.25) is 20.1 Å². The third-order valence-electron chi connectivity index (χ3n) is 4.66. The number of nitrogens with two attached hydrogens (primary N) is 1. The van der Waals surface area contributed by atoms with Gasteiger partial charge in [-0.25, -0.2) is 18.4 Å². The molecule has 9 nitrogen and oxygen atoms in total. The molecular formula is C22H15Cl4N3O6S2. The van der Waals surface area contributed by atoms with Gasteiger partial charge in [0.25, 0.3) is 5.91 Å². The van der Waals surface area contributed by atoms with Crippen LogP contribution in [0.3, 0.4) is 0 Å². The van der Waals surface area contributed by atoms with Gasteiger partial charge in [0.15, 0.2) is 0 Å². The van der Waals surface area contributed by atoms with Gasteiger partial charge in [0.2, 0.25) is 15.9 Å². The van der Waals surface area contributed by atoms with Crippen LogP contribution in [0.5, 0.6) is 0 Å². The molecule has 0 radical (unpaired) electrons. The average molecular weight is 623 g/mol. The van der Waals surface area contributed by atoms with E-state index in [4.69, 9.17) is 51.5 Å². The Morgan fingerprint density at radius 1 is 0.784 bits per heavy atom. The number of nitrogens with one attached hydrogen (secondary N) is 2. The number of hydrogen-bond acceptors (Lipinski definition) is 6. The van der Waals surface area contributed by atoms with Gasteiger partial charge in [-0.05, 0) is 48.5 Å². The summed E-state index contributed by atoms with van der Waals surface area (Å²) in [6.45, 7) is 0. The standard InChI is InChI=1S/C22H15Cl4N3O6S2/c23-17-15(16(22(32)33)18(24)20(26)19(17)25)21(31)29-11-1-5-12(6-2-11)36-9-14(30)28-10-3-7-13(8-4-10)37(27,34)35/h1-8H,9H2,(H,28,30)(H,29,31)(H,32,33)(H2,27,34,35). The maximum Gasteiger partial charge on any atom is 0.338 e. The smallest absolute Gasteiger partial charge is 0.338 e. The van der Waals surface area contributed by atoms with Crippen molar-refractivity contribution in [2.75, 3.05) is 16.4 Å². The number of thioether (sulfide) groups is 1. The van der Waals surface area contributed by atoms with Crippen LogP contribution in [0.1, 0.15) is 20.7 Å². The number of halogens is 4. The third-order valence-corrected chi connectivity index (χ3v) is 8.40. The largest absolute Gasteiger partial charge is 0.478 e. The second-order valence-electron chi connectivity index (χ2n) is 7.20. The van der Waals surface area contributed by atoms with Crippen molar-refractivity contribution in [2.45, 2.75) is 9.79 Å². The predicted molar refractivity (Wildman–Crippen MR) is 145 cm³/mol. The fourth-order valence-electron chi connectivity index (χ4n) is 2.95. The van der Waals surface area contributed by atoms with Gasteiger partial charge < -0.3 is 15.7 Å². The number of sulfonamides is 1. The molecular weight excluding hydrogens is 608 g/mol. The van der Waals surface area contributed by atoms with Gasteiger partial charge in [-0.2, -0.15) is 0 Å². The maximum atomic E-state index is 12.8. The van der Waals surface area contributed by atoms with Crippen LogP contribution >= 0.6 is 58.2 Å². The van der Waals surface area contributed by atoms with Crippen molar-refractivity contribution >= 4 is 97.3 Å². The van der Waals surface area contributed by atoms with Gasteiger partial charge in [0.05, 0.1) is 41.9 Å². The van der Waals surface area contributed by atoms with Crippen LogP contribution in [0, 0.1) is 0 Å². The zero-order valence-corrected chi connectivity index (χ0v) is 22.9. The van der Waals surface area contributed by atoms with Gasteiger partial charge in [0, 0.05) is 16.3 Å². The van der Waals surface area contributed by atoms with Crippen molar-refractivity contribution in [3.63, 3.8) is 0 Å². The van der Waals surface area contributed by atoms with Crippen molar-refractivity contribution in [2.24, 2.45) is 5.14 Å². The minimum absolute atomic E-state index is 0.0436. The number of carbonyl (C=O) groups is 3. The van der Waals surface area contributed by atoms with Crippen molar-refractivity contribution in [3.05, 3.63) is 79.7 Å². The molecule has 0 atom stereocenters. The number of aromatic carboxylic acids is 1. The Morgan fingerprint density at radius 3 is 1.78 bits per heavy atom. The number of primary sulfonamides is 1. The minimum atomic E-state index is -3.83. The van der Waals surface area contributed by atoms with Crippen molar-refractivity contribution in [3.8, 4) is 0 Å². The fourth-order valence-corrected chi connectivity index (χ4v) is 5.18. The molecule has 0 heterocycles. The SMILES string of the molecule is NS(=O)(=O)c1ccc(NC(=O)CSc2ccc(NC(=O)c3c(Cl)c(Cl)c(Cl)c(Cl)c3C(=O)O)cc2)cc1. The van der Waals surface area contributed by atoms with E-state index in [-0.39, 0.29) is 31.6 Å². The second-order valence-corrected chi connectivity index (χ2v) is 11.3. The Balaban J connectivity index is 1.64. The molecule has 0 aliphatic rings. The molecule has 0 fully saturated rings. The average Bonchev–Trinajstić information content (AvgIpc) is 2.83. The predicted octanol–water partition coefficient (Wildman–Crippen LogP) is 5.63. The fraction of sp³-hybridized carbons (Fsp3) is 0.0455. The van der Waals surface area contributed by atoms with Crippen LogP contribution in [-0.4, -0.2) is 37.1 Å². The minimum Gasteiger partial charge on any atom is -0.478 e. The molecule has 0 aliphatic carbocycles. The van der Waals surface area contributed by atoms with E-state index in [0.29, 0.717) is 16.3 Å². The van der Waals surface area contributed by atoms with Crippen molar-refractivity contribution in [1.29, 1.82) is 0 Å². The molecule has 0 saturated heterocycles. The molecule has 0 spiro atoms. The lowest BCUT2D eigenvalue weighted by Gasteiger charge is -2.14. The highest BCUT2D eigenvalue weighted by Gasteiger charge is 2.29. The van der Waals surface area contributed by atoms with Crippen molar-refractivity contribution < 1.29 is 27.9 Å². The summed E-state index contributed by atoms with van der Waals surface area (Å²) in [5, 5.41) is 18.4. The summed E-state index contributed by atoms with van der Waals surface area (Å²) in [5.41, 5.74) is -0.321. The summed E-state index contributed by atoms with van der Waals surface area (Å²) >= 11 is 25.2. The van der Waals surface area contributed by atoms with Crippen LogP contribution in [0.4, 0.5) is 11.4 Å². The Hall–Kier alpha value is -2.51. The molecule has 0 saturated carbocycles. The van der Waals surface area contributed by atoms with Crippen LogP contribution in [0.15, 0.2) is 58.3 Å². The highest BCUT2D eigenvalue weighted by atomic mass is 35.5. The molecule has 5 N–H and O–H groups in total. The summed E-state index contributed by atoms with van der Waals surface area (Å²) in [6.07, 6.45) is 0. The zero-order valence-electron chi connectivity index (χ0n) is 18.2. The molecule has 0 aliphatic heterocycles. The number of hydrogen-bond donors (Lipinski definition) is 4. The summed E-state index contributed by atoms with van der Waals surface area (Å²) in [6, 6.07) is 11.8. The first-order valence-electron chi connectivity index (χ1n) is 9.85. The lowest BCUT2D eigenvalue weighted by Crippen LogP contribution is -2.18. The number of carbonyl (C=O) groups excluding carboxylic acids is 2. The van der Waals surface area contributed by atoms with Gasteiger partial charge in [0.1, 0.15) is 0 Å². The Bertz CT molecular complexity index is 1500. The number of anilines is 2. The van der Waals surface area contributed by atoms with E-state index in [1.165, 1.54) is 48.2 Å². The first kappa shape index (κ1) is 29.1. The number of benzene rings is 3. The summed E-state index contributed by atoms with van der Waals surface area (Å²) < 4.78 is 22.6. The second kappa shape index (κ2) is 11.9. The Kier molecular flexibility index (Phi) is 9.35. The number of carboxylic acid groups (broad SMARTS) is 1. The summed E-state index contributed by atoms with van der Waals surface area (Å²) in [4.78, 5) is 37.3. The normalized spacial score (nSPS) is 11.2. The van der Waals surface area contributed by atoms with Crippen molar-refractivity contribution in [1.82, 2.24) is 0 Å². The summed E-state index contributed by atoms with van der Waals surface area (Å²) in [5.74, 6) is -2.67. The zero-order chi connectivity index (χ0) is 27.5. The molecule has 194 valence electrons. The molecule has 15 heteroatoms. The summed E-state index contributed by atoms with van der Waals surface area (Å²) in [7, 11) is -3.83. The molecule has 0 aromatic heterocycles. The lowest BCUT2D eigenvalue weighted by molar-refractivity contribution is -0.113. The highest BCUT2D eigenvalue weighted by molar-refractivity contribution is 8.00. The number of carboxylic acids is 1. The molecule has 0 unspecified atom stereocenters. The van der Waals surface area contributed by atoms with Gasteiger partial charge in [-0.1, -0.05) is 46.4 Å². The first-order valence-corrected chi connectivity index (χ1v) is 13.9. The quantitative estimate of drug-likeness (QED) is 0.144. The third kappa shape index (κ3) is 7.08. The molecule has 0 bridgehead atoms. The van der Waals surface area contributed by atoms with E-state index < -0.39 is 38.0 Å². The Labute approximate surface area is 235 Å². The topological polar surface area (TPSA) is 156 Å². The molecule has 37 heavy (non-hydrogen) atoms. The molecule has 3 rings (SSSR count). The molecule has 2 amide bonds. The van der Waals surface area contributed by atoms with E-state index in [2.05, 4.69) is 10.6 Å². The van der Waals surface area contributed by atoms with Crippen LogP contribution in [-0.2, 0) is 14.8 Å². The van der Waals surface area contributed by atoms with E-state index in [0.717, 1.165) is 0 Å². The van der Waals surface area contributed by atoms with Crippen LogP contribution < -0.4 is 15.8 Å². The monoisotopic (exact) mass is 621 g/mol. The van der Waals surface area contributed by atoms with Gasteiger partial charge >= 0.3 is 5.97 Å². The van der Waals surface area contributed by atoms with E-state index in [9.17, 15) is 27.9 Å². The number of rotatable bonds is 8. The molecule has 3 aromatic rings. The number of amides is 2. The first-order chi connectivity index (χ1) is 17.3. The lowest BCUT2D eigenvalue weighted by atomic mass is 10.1. The Morgan fingerprint density at radius 2 is 1.27 bits per heavy atom. The van der Waals surface area contributed by atoms with E-state index in [1.807, 2.05) is 0 Å². The van der Waals surface area contributed by atoms with E-state index >= 15 is 0 Å². The molecule has 3 aromatic carbocycles. The highest BCUT2D eigenvalue weighted by Crippen LogP contribution is 2.41. The van der Waals surface area contributed by atoms with Crippen LogP contribution in [0.25, 0.3) is 0 Å².